The molecule has 0 heterocycles. The third-order valence-corrected chi connectivity index (χ3v) is 9.43. The Balaban J connectivity index is 5.27. The predicted molar refractivity (Wildman–Crippen MR) is 163 cm³/mol. The summed E-state index contributed by atoms with van der Waals surface area (Å²) >= 11 is 0. The Bertz CT molecular complexity index is 587. The topological polar surface area (TPSA) is 74.6 Å². The highest BCUT2D eigenvalue weighted by atomic mass is 16.4. The van der Waals surface area contributed by atoms with Crippen molar-refractivity contribution in [1.29, 1.82) is 0 Å². The van der Waals surface area contributed by atoms with Crippen LogP contribution >= 0.6 is 0 Å². The minimum Gasteiger partial charge on any atom is -0.481 e. The first-order valence-corrected chi connectivity index (χ1v) is 16.6. The van der Waals surface area contributed by atoms with E-state index in [0.717, 1.165) is 64.2 Å². The fraction of sp³-hybridized carbons (Fsp3) is 0.941. The maximum Gasteiger partial charge on any atom is 0.310 e. The smallest absolute Gasteiger partial charge is 0.310 e. The Morgan fingerprint density at radius 2 is 1.11 bits per heavy atom. The molecule has 4 unspecified atom stereocenters. The summed E-state index contributed by atoms with van der Waals surface area (Å²) in [5.74, 6) is 0.309. The van der Waals surface area contributed by atoms with E-state index >= 15 is 0 Å². The molecular weight excluding hydrogens is 472 g/mol. The molecule has 0 amide bonds. The first-order chi connectivity index (χ1) is 18.2. The average Bonchev–Trinajstić information content (AvgIpc) is 2.88. The highest BCUT2D eigenvalue weighted by molar-refractivity contribution is 5.75. The lowest BCUT2D eigenvalue weighted by Gasteiger charge is -2.44. The maximum atomic E-state index is 13.2. The summed E-state index contributed by atoms with van der Waals surface area (Å²) in [4.78, 5) is 23.8. The van der Waals surface area contributed by atoms with Gasteiger partial charge in [0.15, 0.2) is 0 Å². The van der Waals surface area contributed by atoms with Gasteiger partial charge in [-0.3, -0.25) is 9.59 Å². The van der Waals surface area contributed by atoms with Crippen LogP contribution < -0.4 is 0 Å². The molecule has 0 radical (unpaired) electrons. The van der Waals surface area contributed by atoms with Gasteiger partial charge < -0.3 is 10.2 Å². The number of hydrogen-bond acceptors (Lipinski definition) is 2. The third kappa shape index (κ3) is 14.9. The van der Waals surface area contributed by atoms with Gasteiger partial charge >= 0.3 is 11.9 Å². The van der Waals surface area contributed by atoms with E-state index < -0.39 is 17.4 Å². The first kappa shape index (κ1) is 36.9. The Kier molecular flexibility index (Phi) is 22.1. The SMILES string of the molecule is CCCCC(CC)CC(CCCCCCCCCCCC(=O)O)C(CC(CC)CCCC)(C(=O)O)C(C)C. The number of aliphatic carboxylic acids is 2. The number of carboxylic acid groups (broad SMARTS) is 2. The fourth-order valence-corrected chi connectivity index (χ4v) is 6.68. The van der Waals surface area contributed by atoms with Crippen molar-refractivity contribution in [2.45, 2.75) is 176 Å². The zero-order valence-corrected chi connectivity index (χ0v) is 26.4. The van der Waals surface area contributed by atoms with Crippen molar-refractivity contribution in [3.63, 3.8) is 0 Å². The molecule has 4 atom stereocenters. The van der Waals surface area contributed by atoms with Crippen molar-refractivity contribution >= 4 is 11.9 Å². The van der Waals surface area contributed by atoms with E-state index in [1.807, 2.05) is 0 Å². The van der Waals surface area contributed by atoms with Crippen molar-refractivity contribution in [2.75, 3.05) is 0 Å². The molecular formula is C34H66O4. The van der Waals surface area contributed by atoms with Crippen LogP contribution in [0.4, 0.5) is 0 Å². The van der Waals surface area contributed by atoms with E-state index in [0.29, 0.717) is 18.3 Å². The Morgan fingerprint density at radius 3 is 1.53 bits per heavy atom. The second kappa shape index (κ2) is 22.7. The van der Waals surface area contributed by atoms with Gasteiger partial charge in [-0.2, -0.15) is 0 Å². The molecule has 226 valence electrons. The van der Waals surface area contributed by atoms with Crippen molar-refractivity contribution in [2.24, 2.45) is 29.1 Å². The van der Waals surface area contributed by atoms with Crippen molar-refractivity contribution in [1.82, 2.24) is 0 Å². The number of rotatable bonds is 27. The molecule has 0 aliphatic carbocycles. The molecule has 0 saturated carbocycles. The fourth-order valence-electron chi connectivity index (χ4n) is 6.68. The van der Waals surface area contributed by atoms with Gasteiger partial charge in [-0.05, 0) is 49.4 Å². The Hall–Kier alpha value is -1.06. The molecule has 0 aromatic heterocycles. The minimum atomic E-state index is -0.686. The van der Waals surface area contributed by atoms with Crippen LogP contribution in [0.15, 0.2) is 0 Å². The summed E-state index contributed by atoms with van der Waals surface area (Å²) in [6, 6.07) is 0. The highest BCUT2D eigenvalue weighted by Gasteiger charge is 2.49. The normalized spacial score (nSPS) is 15.8. The van der Waals surface area contributed by atoms with Crippen LogP contribution in [0.1, 0.15) is 176 Å². The molecule has 2 N–H and O–H groups in total. The molecule has 38 heavy (non-hydrogen) atoms. The van der Waals surface area contributed by atoms with E-state index in [2.05, 4.69) is 41.5 Å². The molecule has 0 aliphatic heterocycles. The van der Waals surface area contributed by atoms with E-state index in [-0.39, 0.29) is 11.8 Å². The number of hydrogen-bond donors (Lipinski definition) is 2. The summed E-state index contributed by atoms with van der Waals surface area (Å²) < 4.78 is 0. The molecule has 4 nitrogen and oxygen atoms in total. The second-order valence-corrected chi connectivity index (χ2v) is 12.6. The van der Waals surface area contributed by atoms with Crippen molar-refractivity contribution in [3.05, 3.63) is 0 Å². The molecule has 0 rings (SSSR count). The number of carboxylic acids is 2. The third-order valence-electron chi connectivity index (χ3n) is 9.43. The van der Waals surface area contributed by atoms with Gasteiger partial charge in [0.05, 0.1) is 5.41 Å². The summed E-state index contributed by atoms with van der Waals surface area (Å²) in [6.07, 6.45) is 22.9. The lowest BCUT2D eigenvalue weighted by molar-refractivity contribution is -0.160. The molecule has 0 aliphatic rings. The molecule has 0 spiro atoms. The van der Waals surface area contributed by atoms with Crippen LogP contribution in [0.5, 0.6) is 0 Å². The maximum absolute atomic E-state index is 13.2. The van der Waals surface area contributed by atoms with Gasteiger partial charge in [-0.15, -0.1) is 0 Å². The Labute approximate surface area is 237 Å². The zero-order chi connectivity index (χ0) is 28.8. The molecule has 0 aromatic rings. The van der Waals surface area contributed by atoms with Gasteiger partial charge in [0, 0.05) is 6.42 Å². The van der Waals surface area contributed by atoms with Gasteiger partial charge in [-0.1, -0.05) is 144 Å². The van der Waals surface area contributed by atoms with Gasteiger partial charge in [-0.25, -0.2) is 0 Å². The summed E-state index contributed by atoms with van der Waals surface area (Å²) in [6.45, 7) is 13.4. The van der Waals surface area contributed by atoms with E-state index in [4.69, 9.17) is 5.11 Å². The average molecular weight is 539 g/mol. The standard InChI is InChI=1S/C34H66O4/c1-7-11-22-29(9-3)26-31(24-20-18-16-14-13-15-17-19-21-25-32(35)36)34(28(5)6,33(37)38)27-30(10-4)23-12-8-2/h28-31H,7-27H2,1-6H3,(H,35,36)(H,37,38). The van der Waals surface area contributed by atoms with Crippen LogP contribution in [-0.2, 0) is 9.59 Å². The summed E-state index contributed by atoms with van der Waals surface area (Å²) in [5, 5.41) is 19.6. The lowest BCUT2D eigenvalue weighted by atomic mass is 9.59. The predicted octanol–water partition coefficient (Wildman–Crippen LogP) is 10.9. The van der Waals surface area contributed by atoms with Crippen LogP contribution in [0.25, 0.3) is 0 Å². The quantitative estimate of drug-likeness (QED) is 0.102. The first-order valence-electron chi connectivity index (χ1n) is 16.6. The van der Waals surface area contributed by atoms with Crippen LogP contribution in [0.2, 0.25) is 0 Å². The second-order valence-electron chi connectivity index (χ2n) is 12.6. The number of unbranched alkanes of at least 4 members (excludes halogenated alkanes) is 10. The van der Waals surface area contributed by atoms with Gasteiger partial charge in [0.2, 0.25) is 0 Å². The van der Waals surface area contributed by atoms with Crippen LogP contribution in [0.3, 0.4) is 0 Å². The number of carbonyl (C=O) groups is 2. The van der Waals surface area contributed by atoms with Crippen LogP contribution in [-0.4, -0.2) is 22.2 Å². The molecule has 0 aromatic carbocycles. The molecule has 0 fully saturated rings. The Morgan fingerprint density at radius 1 is 0.632 bits per heavy atom. The lowest BCUT2D eigenvalue weighted by Crippen LogP contribution is -2.45. The van der Waals surface area contributed by atoms with Gasteiger partial charge in [0.25, 0.3) is 0 Å². The molecule has 0 saturated heterocycles. The van der Waals surface area contributed by atoms with Crippen molar-refractivity contribution < 1.29 is 19.8 Å². The highest BCUT2D eigenvalue weighted by Crippen LogP contribution is 2.49. The van der Waals surface area contributed by atoms with Crippen LogP contribution in [0, 0.1) is 29.1 Å². The minimum absolute atomic E-state index is 0.144. The van der Waals surface area contributed by atoms with Crippen molar-refractivity contribution in [3.8, 4) is 0 Å². The summed E-state index contributed by atoms with van der Waals surface area (Å²) in [7, 11) is 0. The zero-order valence-electron chi connectivity index (χ0n) is 26.4. The largest absolute Gasteiger partial charge is 0.481 e. The van der Waals surface area contributed by atoms with Gasteiger partial charge in [0.1, 0.15) is 0 Å². The molecule has 0 bridgehead atoms. The summed E-state index contributed by atoms with van der Waals surface area (Å²) in [5.41, 5.74) is -0.621. The molecule has 4 heteroatoms. The van der Waals surface area contributed by atoms with E-state index in [9.17, 15) is 14.7 Å². The van der Waals surface area contributed by atoms with E-state index in [1.165, 1.54) is 64.2 Å². The monoisotopic (exact) mass is 538 g/mol. The van der Waals surface area contributed by atoms with E-state index in [1.54, 1.807) is 0 Å².